The maximum atomic E-state index is 9.53. The van der Waals surface area contributed by atoms with Crippen molar-refractivity contribution in [3.8, 4) is 75.8 Å². The minimum atomic E-state index is 0.274. The zero-order chi connectivity index (χ0) is 69.3. The molecular formula is C74H59N27OS. The van der Waals surface area contributed by atoms with Crippen molar-refractivity contribution < 1.29 is 5.11 Å². The minimum absolute atomic E-state index is 0.274. The van der Waals surface area contributed by atoms with Crippen LogP contribution in [0.25, 0.3) is 67.3 Å². The molecule has 0 unspecified atom stereocenters. The number of nitrogens with one attached hydrogen (secondary N) is 3. The van der Waals surface area contributed by atoms with E-state index in [-0.39, 0.29) is 5.75 Å². The third-order valence-electron chi connectivity index (χ3n) is 17.2. The number of fused-ring (bicyclic) bond motifs is 4. The number of H-pyrrole nitrogens is 3. The second-order valence-corrected chi connectivity index (χ2v) is 24.7. The van der Waals surface area contributed by atoms with Crippen molar-refractivity contribution in [1.82, 2.24) is 110 Å². The van der Waals surface area contributed by atoms with E-state index in [2.05, 4.69) is 155 Å². The number of aromatic amines is 3. The van der Waals surface area contributed by atoms with Crippen molar-refractivity contribution >= 4 is 72.7 Å². The van der Waals surface area contributed by atoms with Crippen LogP contribution in [0.2, 0.25) is 0 Å². The van der Waals surface area contributed by atoms with Crippen LogP contribution in [-0.4, -0.2) is 174 Å². The summed E-state index contributed by atoms with van der Waals surface area (Å²) in [4.78, 5) is 70.1. The minimum Gasteiger partial charge on any atom is -0.508 e. The predicted molar refractivity (Wildman–Crippen MR) is 390 cm³/mol. The third-order valence-corrected chi connectivity index (χ3v) is 18.0. The van der Waals surface area contributed by atoms with Crippen LogP contribution in [0.15, 0.2) is 183 Å². The molecule has 0 atom stereocenters. The Balaban J connectivity index is 0.000000119. The Labute approximate surface area is 592 Å². The van der Waals surface area contributed by atoms with Crippen LogP contribution < -0.4 is 24.5 Å². The van der Waals surface area contributed by atoms with E-state index in [0.717, 1.165) is 137 Å². The quantitative estimate of drug-likeness (QED) is 0.104. The first-order valence-electron chi connectivity index (χ1n) is 32.9. The van der Waals surface area contributed by atoms with Gasteiger partial charge in [-0.1, -0.05) is 17.8 Å². The first-order valence-corrected chi connectivity index (χ1v) is 33.8. The first-order chi connectivity index (χ1) is 50.7. The van der Waals surface area contributed by atoms with Gasteiger partial charge in [0.2, 0.25) is 17.8 Å². The molecule has 0 radical (unpaired) electrons. The van der Waals surface area contributed by atoms with Gasteiger partial charge in [-0.25, -0.2) is 64.8 Å². The van der Waals surface area contributed by atoms with E-state index in [9.17, 15) is 5.11 Å². The highest BCUT2D eigenvalue weighted by atomic mass is 32.1. The van der Waals surface area contributed by atoms with Crippen LogP contribution in [0, 0.1) is 42.4 Å². The van der Waals surface area contributed by atoms with E-state index in [0.29, 0.717) is 76.0 Å². The predicted octanol–water partition coefficient (Wildman–Crippen LogP) is 8.36. The van der Waals surface area contributed by atoms with Crippen LogP contribution in [0.3, 0.4) is 0 Å². The molecule has 15 aromatic rings. The number of phenolic OH excluding ortho intramolecular Hbond substituents is 1. The summed E-state index contributed by atoms with van der Waals surface area (Å²) in [5, 5.41) is 45.0. The Morgan fingerprint density at radius 2 is 0.806 bits per heavy atom. The van der Waals surface area contributed by atoms with Gasteiger partial charge in [-0.15, -0.1) is 21.5 Å². The zero-order valence-corrected chi connectivity index (χ0v) is 56.0. The average molecular weight is 1370 g/mol. The molecule has 0 amide bonds. The molecule has 29 heteroatoms. The molecule has 502 valence electrons. The van der Waals surface area contributed by atoms with Gasteiger partial charge in [-0.3, -0.25) is 15.3 Å². The molecule has 0 bridgehead atoms. The van der Waals surface area contributed by atoms with Gasteiger partial charge < -0.3 is 34.2 Å². The molecule has 4 aromatic carbocycles. The van der Waals surface area contributed by atoms with Gasteiger partial charge >= 0.3 is 0 Å². The lowest BCUT2D eigenvalue weighted by Gasteiger charge is -2.36. The van der Waals surface area contributed by atoms with Gasteiger partial charge in [0.25, 0.3) is 0 Å². The van der Waals surface area contributed by atoms with Gasteiger partial charge in [0.05, 0.1) is 41.7 Å². The molecule has 4 N–H and O–H groups in total. The fraction of sp³-hybridized carbons (Fsp3) is 0.162. The van der Waals surface area contributed by atoms with Gasteiger partial charge in [0.1, 0.15) is 45.7 Å². The average Bonchev–Trinajstić information content (AvgIpc) is 1.60. The molecule has 2 fully saturated rings. The van der Waals surface area contributed by atoms with Gasteiger partial charge in [-0.05, 0) is 140 Å². The van der Waals surface area contributed by atoms with Crippen molar-refractivity contribution in [2.24, 2.45) is 0 Å². The lowest BCUT2D eigenvalue weighted by atomic mass is 10.1. The van der Waals surface area contributed by atoms with Crippen molar-refractivity contribution in [1.29, 1.82) is 0 Å². The summed E-state index contributed by atoms with van der Waals surface area (Å²) in [5.74, 6) is 24.5. The highest BCUT2D eigenvalue weighted by Crippen LogP contribution is 2.26. The Hall–Kier alpha value is -14.0. The lowest BCUT2D eigenvalue weighted by molar-refractivity contribution is 0.475. The maximum absolute atomic E-state index is 9.53. The van der Waals surface area contributed by atoms with E-state index in [1.165, 1.54) is 0 Å². The number of piperazine rings is 2. The molecule has 103 heavy (non-hydrogen) atoms. The Morgan fingerprint density at radius 1 is 0.388 bits per heavy atom. The van der Waals surface area contributed by atoms with E-state index in [1.807, 2.05) is 97.4 Å². The fourth-order valence-corrected chi connectivity index (χ4v) is 12.5. The van der Waals surface area contributed by atoms with E-state index < -0.39 is 0 Å². The number of rotatable bonds is 8. The summed E-state index contributed by atoms with van der Waals surface area (Å²) in [7, 11) is 0. The topological polar surface area (TPSA) is 321 Å². The van der Waals surface area contributed by atoms with Crippen LogP contribution >= 0.6 is 11.3 Å². The molecule has 28 nitrogen and oxygen atoms in total. The fourth-order valence-electron chi connectivity index (χ4n) is 11.8. The summed E-state index contributed by atoms with van der Waals surface area (Å²) >= 11 is 1.66. The van der Waals surface area contributed by atoms with Crippen LogP contribution in [0.1, 0.15) is 45.4 Å². The number of nitrogens with zero attached hydrogens (tertiary/aromatic N) is 24. The number of phenols is 1. The van der Waals surface area contributed by atoms with E-state index in [4.69, 9.17) is 15.0 Å². The molecule has 18 rings (SSSR count). The number of hydrogen-bond donors (Lipinski definition) is 4. The Kier molecular flexibility index (Phi) is 18.1. The second-order valence-electron chi connectivity index (χ2n) is 23.8. The van der Waals surface area contributed by atoms with Gasteiger partial charge in [-0.2, -0.15) is 15.3 Å². The molecule has 14 heterocycles. The molecule has 0 saturated carbocycles. The van der Waals surface area contributed by atoms with E-state index in [1.54, 1.807) is 104 Å². The van der Waals surface area contributed by atoms with Crippen molar-refractivity contribution in [3.05, 3.63) is 228 Å². The third kappa shape index (κ3) is 14.9. The summed E-state index contributed by atoms with van der Waals surface area (Å²) in [6.45, 7) is 10.8. The van der Waals surface area contributed by atoms with Crippen molar-refractivity contribution in [2.75, 3.05) is 83.4 Å². The van der Waals surface area contributed by atoms with E-state index >= 15 is 0 Å². The standard InChI is InChI=1S/C27H22N8O.C24H19N9S.C23H18N10/c36-23-6-4-22(5-7-23)34-13-15-35(16-14-34)27-29-12-10-25(32-27)26-28-11-9-21(31-26)3-1-19-2-8-24-20(17-19)18-30-33-24;1(17-2-4-20-18(15-17)16-28-31-20)3-19-5-7-25-22(29-19)21-6-8-26-23(30-21)32-10-12-33(13-11-32)24-27-9-14-34-24;1-15-29-31-21-14-32(10-11-33(15)21)23-25-9-7-20(28-23)22-24-8-6-18(27-22)4-2-16-3-5-19-17(12-16)13-26-30-19/h2,4-12,17-18,36H,13-16H2,(H,30,33);2,4-9,14-16H,10-13H2,(H,28,31);3,5-9,12-13H,10-11,14H2,1H3,(H,26,30). The number of thiazole rings is 1. The molecule has 0 spiro atoms. The first kappa shape index (κ1) is 63.7. The number of aryl methyl sites for hydroxylation is 1. The van der Waals surface area contributed by atoms with Gasteiger partial charge in [0.15, 0.2) is 28.4 Å². The molecule has 11 aromatic heterocycles. The zero-order valence-electron chi connectivity index (χ0n) is 55.2. The Bertz CT molecular complexity index is 5720. The van der Waals surface area contributed by atoms with Crippen LogP contribution in [-0.2, 0) is 13.1 Å². The SMILES string of the molecule is C(#Cc1ccnc(-c2ccnc(N3CCN(c4nccs4)CC3)n2)n1)c1ccc2[nH]ncc2c1.Cc1nnc2n1CCN(c1nccc(-c3nccc(C#Cc4ccc5[nH]ncc5c4)n3)n1)C2.Oc1ccc(N2CCN(c3nccc(-c4nccc(C#Cc5ccc6[nH]ncc6c5)n4)n3)CC2)cc1. The van der Waals surface area contributed by atoms with Gasteiger partial charge in [0, 0.05) is 153 Å². The van der Waals surface area contributed by atoms with Crippen LogP contribution in [0.5, 0.6) is 5.75 Å². The number of aromatic hydroxyl groups is 1. The normalized spacial score (nSPS) is 13.3. The molecule has 3 aliphatic rings. The molecule has 0 aliphatic carbocycles. The van der Waals surface area contributed by atoms with Crippen LogP contribution in [0.4, 0.5) is 28.7 Å². The number of anilines is 5. The summed E-state index contributed by atoms with van der Waals surface area (Å²) in [5.41, 5.74) is 10.6. The summed E-state index contributed by atoms with van der Waals surface area (Å²) in [6.07, 6.45) is 17.5. The molecule has 3 aliphatic heterocycles. The highest BCUT2D eigenvalue weighted by Gasteiger charge is 2.25. The summed E-state index contributed by atoms with van der Waals surface area (Å²) < 4.78 is 2.12. The number of aromatic nitrogens is 22. The maximum Gasteiger partial charge on any atom is 0.226 e. The monoisotopic (exact) mass is 1370 g/mol. The lowest BCUT2D eigenvalue weighted by Crippen LogP contribution is -2.47. The molecular weight excluding hydrogens is 1320 g/mol. The van der Waals surface area contributed by atoms with Crippen molar-refractivity contribution in [2.45, 2.75) is 20.0 Å². The molecule has 2 saturated heterocycles. The van der Waals surface area contributed by atoms with Crippen molar-refractivity contribution in [3.63, 3.8) is 0 Å². The highest BCUT2D eigenvalue weighted by molar-refractivity contribution is 7.13. The largest absolute Gasteiger partial charge is 0.508 e. The number of benzene rings is 4. The summed E-state index contributed by atoms with van der Waals surface area (Å²) in [6, 6.07) is 35.9. The smallest absolute Gasteiger partial charge is 0.226 e. The second kappa shape index (κ2) is 29.2. The number of hydrogen-bond acceptors (Lipinski definition) is 25. The Morgan fingerprint density at radius 3 is 1.25 bits per heavy atom.